The van der Waals surface area contributed by atoms with Crippen LogP contribution in [-0.2, 0) is 24.3 Å². The third-order valence-electron chi connectivity index (χ3n) is 7.86. The summed E-state index contributed by atoms with van der Waals surface area (Å²) < 4.78 is 66.5. The van der Waals surface area contributed by atoms with Crippen molar-refractivity contribution in [2.24, 2.45) is 5.41 Å². The lowest BCUT2D eigenvalue weighted by molar-refractivity contribution is -0.192. The molecule has 2 atom stereocenters. The monoisotopic (exact) mass is 672 g/mol. The molecule has 0 aliphatic carbocycles. The number of carbonyl (C=O) groups is 3. The van der Waals surface area contributed by atoms with Gasteiger partial charge in [-0.3, -0.25) is 13.9 Å². The molecule has 16 heteroatoms. The van der Waals surface area contributed by atoms with Gasteiger partial charge in [-0.25, -0.2) is 13.2 Å². The van der Waals surface area contributed by atoms with Gasteiger partial charge >= 0.3 is 12.1 Å². The van der Waals surface area contributed by atoms with Crippen molar-refractivity contribution in [3.8, 4) is 0 Å². The first-order chi connectivity index (χ1) is 21.2. The van der Waals surface area contributed by atoms with Crippen molar-refractivity contribution >= 4 is 45.1 Å². The number of amides is 2. The number of para-hydroxylation sites is 1. The summed E-state index contributed by atoms with van der Waals surface area (Å²) in [4.78, 5) is 37.4. The number of nitrogens with zero attached hydrogens (tertiary/aromatic N) is 2. The number of ether oxygens (including phenoxy) is 1. The molecule has 3 aliphatic heterocycles. The van der Waals surface area contributed by atoms with Crippen LogP contribution in [0.5, 0.6) is 0 Å². The second-order valence-corrected chi connectivity index (χ2v) is 13.0. The van der Waals surface area contributed by atoms with Crippen molar-refractivity contribution in [1.82, 2.24) is 15.5 Å². The lowest BCUT2D eigenvalue weighted by Gasteiger charge is -2.41. The van der Waals surface area contributed by atoms with Crippen molar-refractivity contribution in [3.63, 3.8) is 0 Å². The molecule has 244 valence electrons. The van der Waals surface area contributed by atoms with Gasteiger partial charge in [0.25, 0.3) is 15.9 Å². The van der Waals surface area contributed by atoms with Gasteiger partial charge in [-0.1, -0.05) is 42.0 Å². The van der Waals surface area contributed by atoms with Gasteiger partial charge < -0.3 is 25.4 Å². The Morgan fingerprint density at radius 2 is 1.78 bits per heavy atom. The zero-order valence-electron chi connectivity index (χ0n) is 24.1. The standard InChI is InChI=1S/C27H31ClN4O5S.C2HF3O2/c1-37-22-14-21-15-30-26(34)27(17-29-18-27)11-5-6-12-32(20-7-3-2-4-8-20)38(35,36)24-13-19(9-10-23(24)28)25(33)31(21)16-22;3-2(4,5)1(6)7/h2-10,13,21-22,29H,11-12,14-18H2,1H3,(H,30,34);(H,6,7)/b6-5+;/t21-,22+;/m0./s1. The van der Waals surface area contributed by atoms with E-state index in [1.165, 1.54) is 22.5 Å². The van der Waals surface area contributed by atoms with Crippen LogP contribution < -0.4 is 14.9 Å². The van der Waals surface area contributed by atoms with Crippen molar-refractivity contribution in [3.05, 3.63) is 71.3 Å². The van der Waals surface area contributed by atoms with Gasteiger partial charge in [0.15, 0.2) is 0 Å². The third kappa shape index (κ3) is 7.60. The van der Waals surface area contributed by atoms with Crippen LogP contribution in [0.4, 0.5) is 18.9 Å². The number of anilines is 1. The summed E-state index contributed by atoms with van der Waals surface area (Å²) in [5, 5.41) is 13.4. The summed E-state index contributed by atoms with van der Waals surface area (Å²) in [5.74, 6) is -3.18. The molecule has 0 radical (unpaired) electrons. The van der Waals surface area contributed by atoms with E-state index in [1.807, 2.05) is 6.08 Å². The van der Waals surface area contributed by atoms with Gasteiger partial charge in [0.2, 0.25) is 5.91 Å². The fourth-order valence-electron chi connectivity index (χ4n) is 5.24. The van der Waals surface area contributed by atoms with E-state index in [9.17, 15) is 31.2 Å². The number of carbonyl (C=O) groups excluding carboxylic acids is 2. The Morgan fingerprint density at radius 3 is 2.36 bits per heavy atom. The van der Waals surface area contributed by atoms with Crippen LogP contribution in [-0.4, -0.2) is 94.4 Å². The second kappa shape index (κ2) is 13.8. The summed E-state index contributed by atoms with van der Waals surface area (Å²) in [6.45, 7) is 1.72. The molecule has 2 fully saturated rings. The van der Waals surface area contributed by atoms with Crippen LogP contribution in [0, 0.1) is 5.41 Å². The van der Waals surface area contributed by atoms with Gasteiger partial charge in [0.05, 0.1) is 34.8 Å². The maximum atomic E-state index is 14.0. The molecule has 45 heavy (non-hydrogen) atoms. The highest BCUT2D eigenvalue weighted by Crippen LogP contribution is 2.32. The first kappa shape index (κ1) is 34.2. The average Bonchev–Trinajstić information content (AvgIpc) is 3.40. The Labute approximate surface area is 263 Å². The molecule has 2 aromatic carbocycles. The number of benzene rings is 2. The van der Waals surface area contributed by atoms with Crippen molar-refractivity contribution in [2.75, 3.05) is 44.1 Å². The molecule has 3 heterocycles. The molecule has 0 aromatic heterocycles. The van der Waals surface area contributed by atoms with Crippen molar-refractivity contribution in [2.45, 2.75) is 36.1 Å². The minimum atomic E-state index is -5.08. The lowest BCUT2D eigenvalue weighted by Crippen LogP contribution is -2.62. The largest absolute Gasteiger partial charge is 0.490 e. The summed E-state index contributed by atoms with van der Waals surface area (Å²) in [6, 6.07) is 12.8. The highest BCUT2D eigenvalue weighted by molar-refractivity contribution is 7.93. The normalized spacial score (nSPS) is 23.7. The van der Waals surface area contributed by atoms with Crippen LogP contribution in [0.3, 0.4) is 0 Å². The quantitative estimate of drug-likeness (QED) is 0.413. The fraction of sp³-hybridized carbons (Fsp3) is 0.414. The van der Waals surface area contributed by atoms with Crippen LogP contribution in [0.15, 0.2) is 65.6 Å². The Kier molecular flexibility index (Phi) is 10.5. The van der Waals surface area contributed by atoms with E-state index in [-0.39, 0.29) is 52.5 Å². The maximum Gasteiger partial charge on any atom is 0.490 e. The van der Waals surface area contributed by atoms with E-state index in [1.54, 1.807) is 48.4 Å². The van der Waals surface area contributed by atoms with Crippen molar-refractivity contribution < 1.29 is 45.8 Å². The van der Waals surface area contributed by atoms with E-state index >= 15 is 0 Å². The first-order valence-electron chi connectivity index (χ1n) is 13.8. The number of halogens is 4. The molecule has 2 saturated heterocycles. The van der Waals surface area contributed by atoms with E-state index in [0.717, 1.165) is 0 Å². The molecule has 11 nitrogen and oxygen atoms in total. The Hall–Kier alpha value is -3.66. The molecular formula is C29H32ClF3N4O7S. The number of aliphatic carboxylic acids is 1. The molecule has 5 rings (SSSR count). The zero-order valence-corrected chi connectivity index (χ0v) is 25.7. The molecule has 1 spiro atoms. The molecule has 2 bridgehead atoms. The van der Waals surface area contributed by atoms with Gasteiger partial charge in [-0.15, -0.1) is 0 Å². The number of nitrogens with one attached hydrogen (secondary N) is 2. The summed E-state index contributed by atoms with van der Waals surface area (Å²) >= 11 is 6.43. The van der Waals surface area contributed by atoms with Gasteiger partial charge in [-0.05, 0) is 43.2 Å². The van der Waals surface area contributed by atoms with Crippen LogP contribution >= 0.6 is 11.6 Å². The van der Waals surface area contributed by atoms with Gasteiger partial charge in [-0.2, -0.15) is 13.2 Å². The summed E-state index contributed by atoms with van der Waals surface area (Å²) in [5.41, 5.74) is 0.0499. The highest BCUT2D eigenvalue weighted by Gasteiger charge is 2.44. The smallest absolute Gasteiger partial charge is 0.475 e. The second-order valence-electron chi connectivity index (χ2n) is 10.8. The average molecular weight is 673 g/mol. The number of carboxylic acid groups (broad SMARTS) is 1. The maximum absolute atomic E-state index is 14.0. The zero-order chi connectivity index (χ0) is 33.0. The van der Waals surface area contributed by atoms with Crippen LogP contribution in [0.25, 0.3) is 0 Å². The van der Waals surface area contributed by atoms with Crippen LogP contribution in [0.1, 0.15) is 23.2 Å². The molecular weight excluding hydrogens is 641 g/mol. The van der Waals surface area contributed by atoms with E-state index in [4.69, 9.17) is 26.2 Å². The van der Waals surface area contributed by atoms with E-state index in [0.29, 0.717) is 38.2 Å². The molecule has 3 N–H and O–H groups in total. The minimum Gasteiger partial charge on any atom is -0.475 e. The number of hydrogen-bond acceptors (Lipinski definition) is 7. The molecule has 2 amide bonds. The van der Waals surface area contributed by atoms with Crippen LogP contribution in [0.2, 0.25) is 5.02 Å². The molecule has 2 aromatic rings. The topological polar surface area (TPSA) is 145 Å². The minimum absolute atomic E-state index is 0.0343. The Bertz CT molecular complexity index is 1550. The number of carboxylic acids is 1. The first-order valence-corrected chi connectivity index (χ1v) is 15.7. The number of sulfonamides is 1. The Balaban J connectivity index is 0.000000591. The third-order valence-corrected chi connectivity index (χ3v) is 10.1. The molecule has 0 saturated carbocycles. The number of allylic oxidation sites excluding steroid dienone is 1. The summed E-state index contributed by atoms with van der Waals surface area (Å²) in [7, 11) is -2.55. The number of rotatable bonds is 2. The number of methoxy groups -OCH3 is 1. The van der Waals surface area contributed by atoms with Gasteiger partial charge in [0, 0.05) is 38.9 Å². The number of hydrogen-bond donors (Lipinski definition) is 3. The number of alkyl halides is 3. The molecule has 0 unspecified atom stereocenters. The lowest BCUT2D eigenvalue weighted by atomic mass is 9.77. The predicted molar refractivity (Wildman–Crippen MR) is 158 cm³/mol. The molecule has 3 aliphatic rings. The highest BCUT2D eigenvalue weighted by atomic mass is 35.5. The Morgan fingerprint density at radius 1 is 1.11 bits per heavy atom. The summed E-state index contributed by atoms with van der Waals surface area (Å²) in [6.07, 6.45) is -0.627. The van der Waals surface area contributed by atoms with E-state index < -0.39 is 27.6 Å². The van der Waals surface area contributed by atoms with Crippen molar-refractivity contribution in [1.29, 1.82) is 0 Å². The SMILES string of the molecule is CO[C@@H]1C[C@H]2CNC(=O)C3(C/C=C/CN(c4ccccc4)S(=O)(=O)c4cc(ccc4Cl)C(=O)N2C1)CNC3.O=C(O)C(F)(F)F. The fourth-order valence-corrected chi connectivity index (χ4v) is 7.16. The van der Waals surface area contributed by atoms with Gasteiger partial charge in [0.1, 0.15) is 4.90 Å². The predicted octanol–water partition coefficient (Wildman–Crippen LogP) is 3.06. The number of fused-ring (bicyclic) bond motifs is 3. The van der Waals surface area contributed by atoms with E-state index in [2.05, 4.69) is 10.6 Å².